The number of aliphatic hydroxyl groups is 1. The van der Waals surface area contributed by atoms with E-state index in [-0.39, 0.29) is 19.1 Å². The molecule has 2 aromatic carbocycles. The number of hydrogen-bond acceptors (Lipinski definition) is 4. The molecule has 3 N–H and O–H groups in total. The SMILES string of the molecule is O=C(NCc1ccccc1OCCO)c1cc(-c2ccccc2)n[nH]1. The monoisotopic (exact) mass is 337 g/mol. The number of carbonyl (C=O) groups is 1. The van der Waals surface area contributed by atoms with E-state index >= 15 is 0 Å². The van der Waals surface area contributed by atoms with Crippen LogP contribution in [0.15, 0.2) is 60.7 Å². The Labute approximate surface area is 145 Å². The molecule has 0 aliphatic carbocycles. The molecule has 0 spiro atoms. The zero-order valence-corrected chi connectivity index (χ0v) is 13.6. The third-order valence-electron chi connectivity index (χ3n) is 3.65. The summed E-state index contributed by atoms with van der Waals surface area (Å²) >= 11 is 0. The van der Waals surface area contributed by atoms with Gasteiger partial charge in [0.2, 0.25) is 0 Å². The van der Waals surface area contributed by atoms with Crippen LogP contribution in [0.1, 0.15) is 16.1 Å². The van der Waals surface area contributed by atoms with Gasteiger partial charge < -0.3 is 15.2 Å². The number of carbonyl (C=O) groups excluding carboxylic acids is 1. The van der Waals surface area contributed by atoms with Crippen molar-refractivity contribution in [2.45, 2.75) is 6.54 Å². The van der Waals surface area contributed by atoms with Crippen molar-refractivity contribution in [3.05, 3.63) is 71.9 Å². The summed E-state index contributed by atoms with van der Waals surface area (Å²) in [5.41, 5.74) is 2.90. The summed E-state index contributed by atoms with van der Waals surface area (Å²) in [7, 11) is 0. The molecule has 3 rings (SSSR count). The number of aromatic nitrogens is 2. The zero-order chi connectivity index (χ0) is 17.5. The van der Waals surface area contributed by atoms with Gasteiger partial charge in [-0.2, -0.15) is 5.10 Å². The van der Waals surface area contributed by atoms with Crippen molar-refractivity contribution in [2.24, 2.45) is 0 Å². The first-order valence-corrected chi connectivity index (χ1v) is 7.98. The number of para-hydroxylation sites is 1. The Morgan fingerprint density at radius 1 is 1.12 bits per heavy atom. The molecule has 0 fully saturated rings. The van der Waals surface area contributed by atoms with E-state index in [0.717, 1.165) is 16.8 Å². The van der Waals surface area contributed by atoms with Gasteiger partial charge in [-0.25, -0.2) is 0 Å². The fourth-order valence-corrected chi connectivity index (χ4v) is 2.41. The minimum absolute atomic E-state index is 0.0584. The van der Waals surface area contributed by atoms with Crippen LogP contribution < -0.4 is 10.1 Å². The van der Waals surface area contributed by atoms with Crippen LogP contribution in [-0.2, 0) is 6.54 Å². The number of aromatic amines is 1. The number of benzene rings is 2. The molecule has 0 bridgehead atoms. The second kappa shape index (κ2) is 8.12. The molecule has 1 aromatic heterocycles. The van der Waals surface area contributed by atoms with Crippen molar-refractivity contribution >= 4 is 5.91 Å². The van der Waals surface area contributed by atoms with Crippen LogP contribution in [0.4, 0.5) is 0 Å². The van der Waals surface area contributed by atoms with Crippen LogP contribution in [-0.4, -0.2) is 34.4 Å². The van der Waals surface area contributed by atoms with E-state index in [9.17, 15) is 4.79 Å². The van der Waals surface area contributed by atoms with E-state index in [1.54, 1.807) is 12.1 Å². The Bertz CT molecular complexity index is 831. The molecule has 3 aromatic rings. The highest BCUT2D eigenvalue weighted by molar-refractivity contribution is 5.93. The summed E-state index contributed by atoms with van der Waals surface area (Å²) < 4.78 is 5.46. The number of H-pyrrole nitrogens is 1. The molecule has 6 nitrogen and oxygen atoms in total. The van der Waals surface area contributed by atoms with Crippen molar-refractivity contribution < 1.29 is 14.6 Å². The van der Waals surface area contributed by atoms with Gasteiger partial charge in [0.25, 0.3) is 5.91 Å². The molecule has 128 valence electrons. The molecule has 0 saturated heterocycles. The fourth-order valence-electron chi connectivity index (χ4n) is 2.41. The Morgan fingerprint density at radius 3 is 2.68 bits per heavy atom. The number of nitrogens with one attached hydrogen (secondary N) is 2. The predicted molar refractivity (Wildman–Crippen MR) is 94.2 cm³/mol. The molecule has 0 radical (unpaired) electrons. The molecule has 0 atom stereocenters. The smallest absolute Gasteiger partial charge is 0.269 e. The van der Waals surface area contributed by atoms with Crippen LogP contribution in [0, 0.1) is 0 Å². The van der Waals surface area contributed by atoms with E-state index in [0.29, 0.717) is 18.0 Å². The van der Waals surface area contributed by atoms with Crippen molar-refractivity contribution in [3.8, 4) is 17.0 Å². The molecule has 0 unspecified atom stereocenters. The average Bonchev–Trinajstić information content (AvgIpc) is 3.16. The number of amides is 1. The predicted octanol–water partition coefficient (Wildman–Crippen LogP) is 2.38. The summed E-state index contributed by atoms with van der Waals surface area (Å²) in [4.78, 5) is 12.3. The molecule has 1 amide bonds. The van der Waals surface area contributed by atoms with Crippen molar-refractivity contribution in [3.63, 3.8) is 0 Å². The molecule has 6 heteroatoms. The first-order valence-electron chi connectivity index (χ1n) is 7.98. The summed E-state index contributed by atoms with van der Waals surface area (Å²) in [6, 6.07) is 18.8. The van der Waals surface area contributed by atoms with Gasteiger partial charge in [0.15, 0.2) is 0 Å². The van der Waals surface area contributed by atoms with Gasteiger partial charge >= 0.3 is 0 Å². The molecule has 0 aliphatic heterocycles. The summed E-state index contributed by atoms with van der Waals surface area (Å²) in [6.45, 7) is 0.475. The fraction of sp³-hybridized carbons (Fsp3) is 0.158. The van der Waals surface area contributed by atoms with Gasteiger partial charge in [0, 0.05) is 17.7 Å². The van der Waals surface area contributed by atoms with Gasteiger partial charge in [-0.1, -0.05) is 48.5 Å². The maximum atomic E-state index is 12.3. The van der Waals surface area contributed by atoms with E-state index < -0.39 is 0 Å². The van der Waals surface area contributed by atoms with Gasteiger partial charge in [0.1, 0.15) is 18.1 Å². The van der Waals surface area contributed by atoms with Crippen LogP contribution >= 0.6 is 0 Å². The second-order valence-corrected chi connectivity index (χ2v) is 5.40. The van der Waals surface area contributed by atoms with E-state index in [4.69, 9.17) is 9.84 Å². The second-order valence-electron chi connectivity index (χ2n) is 5.40. The third kappa shape index (κ3) is 4.24. The minimum Gasteiger partial charge on any atom is -0.491 e. The highest BCUT2D eigenvalue weighted by Crippen LogP contribution is 2.19. The first kappa shape index (κ1) is 16.7. The van der Waals surface area contributed by atoms with Crippen molar-refractivity contribution in [1.29, 1.82) is 0 Å². The topological polar surface area (TPSA) is 87.2 Å². The highest BCUT2D eigenvalue weighted by atomic mass is 16.5. The number of ether oxygens (including phenoxy) is 1. The minimum atomic E-state index is -0.244. The average molecular weight is 337 g/mol. The highest BCUT2D eigenvalue weighted by Gasteiger charge is 2.12. The van der Waals surface area contributed by atoms with Gasteiger partial charge in [-0.3, -0.25) is 9.89 Å². The van der Waals surface area contributed by atoms with Crippen LogP contribution in [0.25, 0.3) is 11.3 Å². The Morgan fingerprint density at radius 2 is 1.88 bits per heavy atom. The normalized spacial score (nSPS) is 10.4. The first-order chi connectivity index (χ1) is 12.3. The number of aliphatic hydroxyl groups excluding tert-OH is 1. The van der Waals surface area contributed by atoms with E-state index in [1.165, 1.54) is 0 Å². The van der Waals surface area contributed by atoms with Crippen molar-refractivity contribution in [2.75, 3.05) is 13.2 Å². The van der Waals surface area contributed by atoms with E-state index in [2.05, 4.69) is 15.5 Å². The number of hydrogen-bond donors (Lipinski definition) is 3. The molecule has 1 heterocycles. The Balaban J connectivity index is 1.65. The van der Waals surface area contributed by atoms with Crippen LogP contribution in [0.5, 0.6) is 5.75 Å². The van der Waals surface area contributed by atoms with Gasteiger partial charge in [-0.15, -0.1) is 0 Å². The third-order valence-corrected chi connectivity index (χ3v) is 3.65. The molecule has 0 saturated carbocycles. The zero-order valence-electron chi connectivity index (χ0n) is 13.6. The summed E-state index contributed by atoms with van der Waals surface area (Å²) in [6.07, 6.45) is 0. The lowest BCUT2D eigenvalue weighted by molar-refractivity contribution is 0.0945. The molecular weight excluding hydrogens is 318 g/mol. The molecule has 25 heavy (non-hydrogen) atoms. The largest absolute Gasteiger partial charge is 0.491 e. The lowest BCUT2D eigenvalue weighted by Crippen LogP contribution is -2.23. The van der Waals surface area contributed by atoms with Gasteiger partial charge in [0.05, 0.1) is 12.3 Å². The van der Waals surface area contributed by atoms with Crippen LogP contribution in [0.2, 0.25) is 0 Å². The maximum absolute atomic E-state index is 12.3. The summed E-state index contributed by atoms with van der Waals surface area (Å²) in [5, 5.41) is 18.7. The summed E-state index contributed by atoms with van der Waals surface area (Å²) in [5.74, 6) is 0.401. The quantitative estimate of drug-likeness (QED) is 0.618. The maximum Gasteiger partial charge on any atom is 0.269 e. The molecule has 0 aliphatic rings. The number of nitrogens with zero attached hydrogens (tertiary/aromatic N) is 1. The molecular formula is C19H19N3O3. The lowest BCUT2D eigenvalue weighted by atomic mass is 10.1. The van der Waals surface area contributed by atoms with Crippen LogP contribution in [0.3, 0.4) is 0 Å². The van der Waals surface area contributed by atoms with E-state index in [1.807, 2.05) is 48.5 Å². The number of rotatable bonds is 7. The van der Waals surface area contributed by atoms with Crippen molar-refractivity contribution in [1.82, 2.24) is 15.5 Å². The Kier molecular flexibility index (Phi) is 5.43. The Hall–Kier alpha value is -3.12. The standard InChI is InChI=1S/C19H19N3O3/c23-10-11-25-18-9-5-4-8-15(18)13-20-19(24)17-12-16(21-22-17)14-6-2-1-3-7-14/h1-9,12,23H,10-11,13H2,(H,20,24)(H,21,22). The van der Waals surface area contributed by atoms with Gasteiger partial charge in [-0.05, 0) is 12.1 Å². The lowest BCUT2D eigenvalue weighted by Gasteiger charge is -2.11.